The van der Waals surface area contributed by atoms with Crippen molar-refractivity contribution in [2.75, 3.05) is 41.8 Å². The van der Waals surface area contributed by atoms with Crippen molar-refractivity contribution in [3.05, 3.63) is 34.5 Å². The molecule has 5 heterocycles. The first-order valence-electron chi connectivity index (χ1n) is 10.5. The van der Waals surface area contributed by atoms with Gasteiger partial charge in [-0.3, -0.25) is 4.90 Å². The summed E-state index contributed by atoms with van der Waals surface area (Å²) in [6.45, 7) is 3.40. The van der Waals surface area contributed by atoms with Gasteiger partial charge < -0.3 is 20.1 Å². The van der Waals surface area contributed by atoms with Crippen molar-refractivity contribution in [2.45, 2.75) is 32.7 Å². The topological polar surface area (TPSA) is 132 Å². The third-order valence-corrected chi connectivity index (χ3v) is 6.40. The monoisotopic (exact) mass is 524 g/mol. The van der Waals surface area contributed by atoms with E-state index in [1.54, 1.807) is 23.4 Å². The van der Waals surface area contributed by atoms with Gasteiger partial charge in [0, 0.05) is 42.5 Å². The van der Waals surface area contributed by atoms with E-state index < -0.39 is 36.1 Å². The van der Waals surface area contributed by atoms with Crippen LogP contribution in [-0.4, -0.2) is 63.4 Å². The van der Waals surface area contributed by atoms with E-state index in [1.165, 1.54) is 22.3 Å². The second kappa shape index (κ2) is 9.81. The minimum absolute atomic E-state index is 0. The van der Waals surface area contributed by atoms with Gasteiger partial charge in [-0.1, -0.05) is 7.43 Å². The van der Waals surface area contributed by atoms with Crippen molar-refractivity contribution in [1.82, 2.24) is 24.9 Å². The van der Waals surface area contributed by atoms with Crippen LogP contribution >= 0.6 is 11.3 Å². The molecule has 11 nitrogen and oxygen atoms in total. The SMILES string of the molecule is C.C[C@H]1[C@H](c2nccs2)OC(=O)N1c1cc(-c2cnc(N)nc2C(F)(F)F)nc(N2CCOCC2)n1. The number of morpholine rings is 1. The summed E-state index contributed by atoms with van der Waals surface area (Å²) in [5.74, 6) is -0.298. The van der Waals surface area contributed by atoms with Crippen molar-refractivity contribution in [2.24, 2.45) is 0 Å². The third-order valence-electron chi connectivity index (χ3n) is 5.56. The molecule has 0 aliphatic carbocycles. The fraction of sp³-hybridized carbons (Fsp3) is 0.429. The van der Waals surface area contributed by atoms with Gasteiger partial charge in [0.1, 0.15) is 10.8 Å². The van der Waals surface area contributed by atoms with Gasteiger partial charge in [-0.25, -0.2) is 24.7 Å². The Kier molecular flexibility index (Phi) is 6.95. The van der Waals surface area contributed by atoms with Gasteiger partial charge in [-0.05, 0) is 6.92 Å². The number of carbonyl (C=O) groups excluding carboxylic acids is 1. The standard InChI is InChI=1S/C20H19F3N8O3S.CH4/c1-10-14(16-25-2-7-35-16)34-19(32)31(10)13-8-12(27-18(28-13)30-3-5-33-6-4-30)11-9-26-17(24)29-15(11)20(21,22)23;/h2,7-10,14H,3-6H2,1H3,(H2,24,26,29);1H4/t10-,14+;/m0./s1. The highest BCUT2D eigenvalue weighted by atomic mass is 32.1. The van der Waals surface area contributed by atoms with Crippen molar-refractivity contribution >= 4 is 35.1 Å². The van der Waals surface area contributed by atoms with Crippen LogP contribution in [0.3, 0.4) is 0 Å². The second-order valence-corrected chi connectivity index (χ2v) is 8.71. The number of thiazole rings is 1. The summed E-state index contributed by atoms with van der Waals surface area (Å²) in [4.78, 5) is 36.2. The Labute approximate surface area is 208 Å². The summed E-state index contributed by atoms with van der Waals surface area (Å²) in [5, 5.41) is 2.36. The van der Waals surface area contributed by atoms with Gasteiger partial charge in [0.2, 0.25) is 11.9 Å². The van der Waals surface area contributed by atoms with E-state index in [0.717, 1.165) is 6.20 Å². The summed E-state index contributed by atoms with van der Waals surface area (Å²) in [7, 11) is 0. The maximum Gasteiger partial charge on any atom is 0.434 e. The van der Waals surface area contributed by atoms with Gasteiger partial charge in [0.05, 0.1) is 24.9 Å². The molecule has 0 bridgehead atoms. The first kappa shape index (κ1) is 25.5. The van der Waals surface area contributed by atoms with Gasteiger partial charge in [0.25, 0.3) is 0 Å². The maximum atomic E-state index is 13.8. The average Bonchev–Trinajstić information content (AvgIpc) is 3.46. The molecule has 1 amide bonds. The number of anilines is 3. The van der Waals surface area contributed by atoms with Crippen LogP contribution in [0.15, 0.2) is 23.8 Å². The molecule has 0 aromatic carbocycles. The molecule has 15 heteroatoms. The van der Waals surface area contributed by atoms with Crippen molar-refractivity contribution in [1.29, 1.82) is 0 Å². The molecular formula is C21H23F3N8O3S. The first-order valence-corrected chi connectivity index (χ1v) is 11.4. The molecule has 2 N–H and O–H groups in total. The van der Waals surface area contributed by atoms with Gasteiger partial charge in [0.15, 0.2) is 11.8 Å². The lowest BCUT2D eigenvalue weighted by molar-refractivity contribution is -0.140. The number of cyclic esters (lactones) is 1. The first-order chi connectivity index (χ1) is 16.7. The number of hydrogen-bond donors (Lipinski definition) is 1. The zero-order chi connectivity index (χ0) is 24.7. The van der Waals surface area contributed by atoms with E-state index in [4.69, 9.17) is 15.2 Å². The fourth-order valence-electron chi connectivity index (χ4n) is 3.89. The molecule has 0 saturated carbocycles. The van der Waals surface area contributed by atoms with Crippen LogP contribution in [0.25, 0.3) is 11.3 Å². The summed E-state index contributed by atoms with van der Waals surface area (Å²) in [5.41, 5.74) is 3.69. The molecule has 0 spiro atoms. The number of carbonyl (C=O) groups is 1. The summed E-state index contributed by atoms with van der Waals surface area (Å²) in [6, 6.07) is 0.759. The lowest BCUT2D eigenvalue weighted by Crippen LogP contribution is -2.38. The molecule has 0 radical (unpaired) electrons. The molecule has 0 unspecified atom stereocenters. The smallest absolute Gasteiger partial charge is 0.434 e. The predicted octanol–water partition coefficient (Wildman–Crippen LogP) is 3.55. The number of rotatable bonds is 4. The van der Waals surface area contributed by atoms with Crippen LogP contribution in [0.4, 0.5) is 35.7 Å². The third kappa shape index (κ3) is 4.75. The van der Waals surface area contributed by atoms with Crippen molar-refractivity contribution < 1.29 is 27.4 Å². The molecule has 3 aromatic heterocycles. The van der Waals surface area contributed by atoms with Crippen LogP contribution in [0, 0.1) is 0 Å². The summed E-state index contributed by atoms with van der Waals surface area (Å²) in [6.07, 6.45) is -3.60. The molecule has 2 saturated heterocycles. The summed E-state index contributed by atoms with van der Waals surface area (Å²) < 4.78 is 52.3. The Morgan fingerprint density at radius 2 is 1.92 bits per heavy atom. The van der Waals surface area contributed by atoms with E-state index >= 15 is 0 Å². The van der Waals surface area contributed by atoms with Gasteiger partial charge in [-0.15, -0.1) is 11.3 Å². The number of nitrogens with zero attached hydrogens (tertiary/aromatic N) is 7. The van der Waals surface area contributed by atoms with E-state index in [1.807, 2.05) is 0 Å². The molecule has 2 aliphatic heterocycles. The second-order valence-electron chi connectivity index (χ2n) is 7.78. The van der Waals surface area contributed by atoms with E-state index in [-0.39, 0.29) is 30.5 Å². The number of nitrogen functional groups attached to an aromatic ring is 1. The lowest BCUT2D eigenvalue weighted by atomic mass is 10.1. The van der Waals surface area contributed by atoms with Crippen LogP contribution in [-0.2, 0) is 15.7 Å². The molecule has 3 aromatic rings. The predicted molar refractivity (Wildman–Crippen MR) is 126 cm³/mol. The highest BCUT2D eigenvalue weighted by Crippen LogP contribution is 2.39. The molecular weight excluding hydrogens is 501 g/mol. The Balaban J connectivity index is 0.00000304. The number of aromatic nitrogens is 5. The molecule has 36 heavy (non-hydrogen) atoms. The Morgan fingerprint density at radius 3 is 2.58 bits per heavy atom. The largest absolute Gasteiger partial charge is 0.436 e. The fourth-order valence-corrected chi connectivity index (χ4v) is 4.65. The number of halogens is 3. The number of nitrogens with two attached hydrogens (primary N) is 1. The van der Waals surface area contributed by atoms with Gasteiger partial charge >= 0.3 is 12.3 Å². The minimum atomic E-state index is -4.81. The van der Waals surface area contributed by atoms with Crippen LogP contribution in [0.1, 0.15) is 31.2 Å². The van der Waals surface area contributed by atoms with E-state index in [2.05, 4.69) is 24.9 Å². The quantitative estimate of drug-likeness (QED) is 0.540. The van der Waals surface area contributed by atoms with Crippen LogP contribution in [0.5, 0.6) is 0 Å². The maximum absolute atomic E-state index is 13.8. The molecule has 5 rings (SSSR count). The number of hydrogen-bond acceptors (Lipinski definition) is 11. The number of alkyl halides is 3. The number of amides is 1. The van der Waals surface area contributed by atoms with Crippen molar-refractivity contribution in [3.8, 4) is 11.3 Å². The van der Waals surface area contributed by atoms with E-state index in [0.29, 0.717) is 31.3 Å². The Morgan fingerprint density at radius 1 is 1.17 bits per heavy atom. The van der Waals surface area contributed by atoms with Gasteiger partial charge in [-0.2, -0.15) is 18.2 Å². The normalized spacial score (nSPS) is 20.3. The van der Waals surface area contributed by atoms with E-state index in [9.17, 15) is 18.0 Å². The highest BCUT2D eigenvalue weighted by molar-refractivity contribution is 7.09. The minimum Gasteiger partial charge on any atom is -0.436 e. The highest BCUT2D eigenvalue weighted by Gasteiger charge is 2.43. The Bertz CT molecular complexity index is 1240. The molecule has 2 atom stereocenters. The van der Waals surface area contributed by atoms with Crippen molar-refractivity contribution in [3.63, 3.8) is 0 Å². The Hall–Kier alpha value is -3.59. The molecule has 2 aliphatic rings. The number of ether oxygens (including phenoxy) is 2. The molecule has 2 fully saturated rings. The van der Waals surface area contributed by atoms with Crippen LogP contribution in [0.2, 0.25) is 0 Å². The zero-order valence-corrected chi connectivity index (χ0v) is 19.1. The molecule has 192 valence electrons. The van der Waals surface area contributed by atoms with Crippen LogP contribution < -0.4 is 15.5 Å². The lowest BCUT2D eigenvalue weighted by Gasteiger charge is -2.28. The average molecular weight is 525 g/mol. The zero-order valence-electron chi connectivity index (χ0n) is 18.3. The summed E-state index contributed by atoms with van der Waals surface area (Å²) >= 11 is 1.33.